The Morgan fingerprint density at radius 2 is 2.00 bits per heavy atom. The van der Waals surface area contributed by atoms with Crippen molar-refractivity contribution in [2.75, 3.05) is 20.2 Å². The number of aliphatic imine (C=N–C) groups is 1. The molecule has 0 radical (unpaired) electrons. The molecule has 0 unspecified atom stereocenters. The molecule has 0 saturated carbocycles. The summed E-state index contributed by atoms with van der Waals surface area (Å²) in [5.41, 5.74) is 1.16. The first-order valence-electron chi connectivity index (χ1n) is 8.85. The number of guanidine groups is 1. The maximum atomic E-state index is 5.18. The minimum absolute atomic E-state index is 0.646. The van der Waals surface area contributed by atoms with Crippen LogP contribution in [-0.4, -0.2) is 35.7 Å². The second kappa shape index (κ2) is 10.4. The number of aryl methyl sites for hydroxylation is 2. The van der Waals surface area contributed by atoms with Crippen molar-refractivity contribution >= 4 is 5.96 Å². The van der Waals surface area contributed by atoms with Crippen LogP contribution in [0.3, 0.4) is 0 Å². The molecule has 1 aromatic heterocycles. The third kappa shape index (κ3) is 6.49. The van der Waals surface area contributed by atoms with Crippen LogP contribution in [0, 0.1) is 6.92 Å². The van der Waals surface area contributed by atoms with Gasteiger partial charge in [-0.3, -0.25) is 0 Å². The van der Waals surface area contributed by atoms with Gasteiger partial charge in [-0.2, -0.15) is 0 Å². The summed E-state index contributed by atoms with van der Waals surface area (Å²) in [7, 11) is 1.68. The highest BCUT2D eigenvalue weighted by Gasteiger charge is 2.00. The van der Waals surface area contributed by atoms with Crippen LogP contribution in [0.2, 0.25) is 0 Å². The van der Waals surface area contributed by atoms with Gasteiger partial charge in [0.05, 0.1) is 13.7 Å². The zero-order valence-electron chi connectivity index (χ0n) is 15.5. The highest BCUT2D eigenvalue weighted by Crippen LogP contribution is 2.11. The molecule has 2 N–H and O–H groups in total. The Balaban J connectivity index is 1.74. The van der Waals surface area contributed by atoms with E-state index >= 15 is 0 Å². The number of ether oxygens (including phenoxy) is 1. The van der Waals surface area contributed by atoms with Crippen molar-refractivity contribution in [3.8, 4) is 5.75 Å². The molecule has 0 fully saturated rings. The Labute approximate surface area is 150 Å². The molecule has 2 rings (SSSR count). The van der Waals surface area contributed by atoms with Crippen LogP contribution in [0.15, 0.2) is 41.7 Å². The van der Waals surface area contributed by atoms with E-state index in [4.69, 9.17) is 4.74 Å². The van der Waals surface area contributed by atoms with Gasteiger partial charge in [0, 0.05) is 32.0 Å². The lowest BCUT2D eigenvalue weighted by Gasteiger charge is -2.11. The number of nitrogens with zero attached hydrogens (tertiary/aromatic N) is 3. The molecule has 0 amide bonds. The summed E-state index contributed by atoms with van der Waals surface area (Å²) in [4.78, 5) is 8.88. The lowest BCUT2D eigenvalue weighted by atomic mass is 10.2. The van der Waals surface area contributed by atoms with Crippen LogP contribution < -0.4 is 15.4 Å². The van der Waals surface area contributed by atoms with Crippen molar-refractivity contribution < 1.29 is 4.74 Å². The van der Waals surface area contributed by atoms with E-state index in [2.05, 4.69) is 32.1 Å². The molecule has 1 heterocycles. The Morgan fingerprint density at radius 1 is 1.20 bits per heavy atom. The summed E-state index contributed by atoms with van der Waals surface area (Å²) in [5, 5.41) is 6.69. The van der Waals surface area contributed by atoms with Crippen molar-refractivity contribution in [1.82, 2.24) is 20.2 Å². The van der Waals surface area contributed by atoms with E-state index in [0.29, 0.717) is 6.54 Å². The third-order valence-corrected chi connectivity index (χ3v) is 3.96. The van der Waals surface area contributed by atoms with Crippen LogP contribution in [0.5, 0.6) is 5.75 Å². The van der Waals surface area contributed by atoms with E-state index in [1.54, 1.807) is 7.11 Å². The Morgan fingerprint density at radius 3 is 2.64 bits per heavy atom. The number of nitrogens with one attached hydrogen (secondary N) is 2. The largest absolute Gasteiger partial charge is 0.497 e. The number of unbranched alkanes of at least 4 members (excludes halogenated alkanes) is 1. The SMILES string of the molecule is CCNC(=NCc1ccc(OC)cc1)NCCCCn1ccnc1C. The molecule has 1 aromatic carbocycles. The van der Waals surface area contributed by atoms with E-state index in [-0.39, 0.29) is 0 Å². The molecule has 0 saturated heterocycles. The average Bonchev–Trinajstić information content (AvgIpc) is 3.04. The highest BCUT2D eigenvalue weighted by molar-refractivity contribution is 5.79. The minimum Gasteiger partial charge on any atom is -0.497 e. The lowest BCUT2D eigenvalue weighted by Crippen LogP contribution is -2.37. The molecule has 25 heavy (non-hydrogen) atoms. The number of imidazole rings is 1. The van der Waals surface area contributed by atoms with Crippen LogP contribution >= 0.6 is 0 Å². The van der Waals surface area contributed by atoms with Gasteiger partial charge in [-0.15, -0.1) is 0 Å². The van der Waals surface area contributed by atoms with Gasteiger partial charge in [0.1, 0.15) is 11.6 Å². The monoisotopic (exact) mass is 343 g/mol. The van der Waals surface area contributed by atoms with Crippen LogP contribution in [0.1, 0.15) is 31.2 Å². The normalized spacial score (nSPS) is 11.4. The Bertz CT molecular complexity index is 648. The van der Waals surface area contributed by atoms with Crippen molar-refractivity contribution in [3.63, 3.8) is 0 Å². The molecule has 6 heteroatoms. The average molecular weight is 343 g/mol. The zero-order chi connectivity index (χ0) is 17.9. The van der Waals surface area contributed by atoms with Gasteiger partial charge in [0.15, 0.2) is 5.96 Å². The predicted molar refractivity (Wildman–Crippen MR) is 102 cm³/mol. The first-order chi connectivity index (χ1) is 12.2. The number of methoxy groups -OCH3 is 1. The maximum absolute atomic E-state index is 5.18. The van der Waals surface area contributed by atoms with Gasteiger partial charge < -0.3 is 19.9 Å². The maximum Gasteiger partial charge on any atom is 0.191 e. The molecular formula is C19H29N5O. The summed E-state index contributed by atoms with van der Waals surface area (Å²) in [6, 6.07) is 8.01. The topological polar surface area (TPSA) is 63.5 Å². The first kappa shape index (κ1) is 18.8. The molecule has 2 aromatic rings. The standard InChI is InChI=1S/C19H29N5O/c1-4-20-19(23-15-17-7-9-18(25-3)10-8-17)22-11-5-6-13-24-14-12-21-16(24)2/h7-10,12,14H,4-6,11,13,15H2,1-3H3,(H2,20,22,23). The fraction of sp³-hybridized carbons (Fsp3) is 0.474. The summed E-state index contributed by atoms with van der Waals surface area (Å²) in [5.74, 6) is 2.80. The van der Waals surface area contributed by atoms with E-state index in [0.717, 1.165) is 55.6 Å². The fourth-order valence-electron chi connectivity index (χ4n) is 2.50. The quantitative estimate of drug-likeness (QED) is 0.417. The van der Waals surface area contributed by atoms with E-state index < -0.39 is 0 Å². The number of hydrogen-bond acceptors (Lipinski definition) is 3. The molecule has 0 aliphatic carbocycles. The summed E-state index contributed by atoms with van der Waals surface area (Å²) in [6.45, 7) is 7.52. The van der Waals surface area contributed by atoms with Crippen molar-refractivity contribution in [2.24, 2.45) is 4.99 Å². The van der Waals surface area contributed by atoms with Crippen molar-refractivity contribution in [1.29, 1.82) is 0 Å². The van der Waals surface area contributed by atoms with E-state index in [9.17, 15) is 0 Å². The molecule has 0 spiro atoms. The number of hydrogen-bond donors (Lipinski definition) is 2. The van der Waals surface area contributed by atoms with Gasteiger partial charge in [0.25, 0.3) is 0 Å². The zero-order valence-corrected chi connectivity index (χ0v) is 15.5. The van der Waals surface area contributed by atoms with Gasteiger partial charge in [0.2, 0.25) is 0 Å². The van der Waals surface area contributed by atoms with Gasteiger partial charge >= 0.3 is 0 Å². The highest BCUT2D eigenvalue weighted by atomic mass is 16.5. The van der Waals surface area contributed by atoms with Crippen LogP contribution in [0.25, 0.3) is 0 Å². The van der Waals surface area contributed by atoms with Crippen LogP contribution in [-0.2, 0) is 13.1 Å². The fourth-order valence-corrected chi connectivity index (χ4v) is 2.50. The van der Waals surface area contributed by atoms with Crippen molar-refractivity contribution in [3.05, 3.63) is 48.0 Å². The predicted octanol–water partition coefficient (Wildman–Crippen LogP) is 2.74. The summed E-state index contributed by atoms with van der Waals surface area (Å²) in [6.07, 6.45) is 6.08. The smallest absolute Gasteiger partial charge is 0.191 e. The molecule has 0 bridgehead atoms. The molecule has 136 valence electrons. The lowest BCUT2D eigenvalue weighted by molar-refractivity contribution is 0.414. The second-order valence-electron chi connectivity index (χ2n) is 5.84. The Hall–Kier alpha value is -2.50. The first-order valence-corrected chi connectivity index (χ1v) is 8.85. The third-order valence-electron chi connectivity index (χ3n) is 3.96. The second-order valence-corrected chi connectivity index (χ2v) is 5.84. The molecule has 0 aliphatic heterocycles. The van der Waals surface area contributed by atoms with Gasteiger partial charge in [-0.05, 0) is 44.4 Å². The molecule has 6 nitrogen and oxygen atoms in total. The minimum atomic E-state index is 0.646. The molecular weight excluding hydrogens is 314 g/mol. The van der Waals surface area contributed by atoms with Crippen LogP contribution in [0.4, 0.5) is 0 Å². The van der Waals surface area contributed by atoms with Gasteiger partial charge in [-0.1, -0.05) is 12.1 Å². The number of benzene rings is 1. The van der Waals surface area contributed by atoms with Crippen molar-refractivity contribution in [2.45, 2.75) is 39.8 Å². The van der Waals surface area contributed by atoms with E-state index in [1.807, 2.05) is 43.6 Å². The number of aromatic nitrogens is 2. The summed E-state index contributed by atoms with van der Waals surface area (Å²) >= 11 is 0. The molecule has 0 atom stereocenters. The Kier molecular flexibility index (Phi) is 7.82. The summed E-state index contributed by atoms with van der Waals surface area (Å²) < 4.78 is 7.36. The van der Waals surface area contributed by atoms with Gasteiger partial charge in [-0.25, -0.2) is 9.98 Å². The molecule has 0 aliphatic rings. The number of rotatable bonds is 9. The van der Waals surface area contributed by atoms with E-state index in [1.165, 1.54) is 0 Å².